The predicted octanol–water partition coefficient (Wildman–Crippen LogP) is 2.02. The van der Waals surface area contributed by atoms with Crippen molar-refractivity contribution in [3.8, 4) is 0 Å². The average molecular weight is 321 g/mol. The lowest BCUT2D eigenvalue weighted by molar-refractivity contribution is 0.598. The molecule has 0 bridgehead atoms. The van der Waals surface area contributed by atoms with Crippen LogP contribution in [-0.4, -0.2) is 13.4 Å². The fraction of sp³-hybridized carbons (Fsp3) is 0.0714. The van der Waals surface area contributed by atoms with Crippen molar-refractivity contribution in [1.82, 2.24) is 0 Å². The summed E-state index contributed by atoms with van der Waals surface area (Å²) < 4.78 is 22.8. The maximum Gasteiger partial charge on any atom is 0.238 e. The topological polar surface area (TPSA) is 98.2 Å². The Morgan fingerprint density at radius 3 is 2.52 bits per heavy atom. The van der Waals surface area contributed by atoms with E-state index in [1.807, 2.05) is 25.1 Å². The molecule has 7 heteroatoms. The van der Waals surface area contributed by atoms with Crippen LogP contribution in [0.15, 0.2) is 47.4 Å². The number of anilines is 2. The number of aryl methyl sites for hydroxylation is 1. The minimum absolute atomic E-state index is 0.0389. The van der Waals surface area contributed by atoms with Gasteiger partial charge in [0, 0.05) is 16.9 Å². The van der Waals surface area contributed by atoms with E-state index in [1.165, 1.54) is 12.1 Å². The van der Waals surface area contributed by atoms with Crippen LogP contribution in [0.4, 0.5) is 11.4 Å². The van der Waals surface area contributed by atoms with Gasteiger partial charge in [0.05, 0.1) is 4.90 Å². The Morgan fingerprint density at radius 2 is 1.90 bits per heavy atom. The van der Waals surface area contributed by atoms with Gasteiger partial charge in [-0.2, -0.15) is 0 Å². The van der Waals surface area contributed by atoms with Gasteiger partial charge in [0.2, 0.25) is 10.0 Å². The second-order valence-corrected chi connectivity index (χ2v) is 6.61. The highest BCUT2D eigenvalue weighted by Gasteiger charge is 2.10. The van der Waals surface area contributed by atoms with Gasteiger partial charge in [-0.15, -0.1) is 0 Å². The van der Waals surface area contributed by atoms with E-state index in [2.05, 4.69) is 5.32 Å². The van der Waals surface area contributed by atoms with Crippen LogP contribution in [0.1, 0.15) is 11.1 Å². The van der Waals surface area contributed by atoms with E-state index >= 15 is 0 Å². The summed E-state index contributed by atoms with van der Waals surface area (Å²) in [5, 5.41) is 8.24. The van der Waals surface area contributed by atoms with Gasteiger partial charge in [0.15, 0.2) is 0 Å². The van der Waals surface area contributed by atoms with Crippen LogP contribution in [-0.2, 0) is 10.0 Å². The predicted molar refractivity (Wildman–Crippen MR) is 88.2 cm³/mol. The van der Waals surface area contributed by atoms with Crippen LogP contribution < -0.4 is 16.2 Å². The van der Waals surface area contributed by atoms with Gasteiger partial charge in [-0.05, 0) is 42.8 Å². The molecule has 21 heavy (non-hydrogen) atoms. The SMILES string of the molecule is Cc1ccc(C(N)=S)c(Nc2cccc(S(N)(=O)=O)c2)c1. The minimum Gasteiger partial charge on any atom is -0.389 e. The molecule has 110 valence electrons. The van der Waals surface area contributed by atoms with E-state index in [-0.39, 0.29) is 9.88 Å². The van der Waals surface area contributed by atoms with Crippen LogP contribution in [0.2, 0.25) is 0 Å². The summed E-state index contributed by atoms with van der Waals surface area (Å²) in [6.07, 6.45) is 0. The first kappa shape index (κ1) is 15.4. The van der Waals surface area contributed by atoms with E-state index < -0.39 is 10.0 Å². The molecule has 0 aliphatic carbocycles. The quantitative estimate of drug-likeness (QED) is 0.748. The molecule has 0 aromatic heterocycles. The molecule has 0 radical (unpaired) electrons. The molecule has 0 unspecified atom stereocenters. The molecule has 2 aromatic rings. The third-order valence-electron chi connectivity index (χ3n) is 2.88. The standard InChI is InChI=1S/C14H15N3O2S2/c1-9-5-6-12(14(15)20)13(7-9)17-10-3-2-4-11(8-10)21(16,18)19/h2-8,17H,1H3,(H2,15,20)(H2,16,18,19). The largest absolute Gasteiger partial charge is 0.389 e. The Kier molecular flexibility index (Phi) is 4.26. The second-order valence-electron chi connectivity index (χ2n) is 4.61. The first-order valence-electron chi connectivity index (χ1n) is 6.08. The third kappa shape index (κ3) is 3.78. The lowest BCUT2D eigenvalue weighted by Crippen LogP contribution is -2.13. The van der Waals surface area contributed by atoms with E-state index in [1.54, 1.807) is 12.1 Å². The van der Waals surface area contributed by atoms with Gasteiger partial charge < -0.3 is 11.1 Å². The Labute approximate surface area is 129 Å². The number of hydrogen-bond donors (Lipinski definition) is 3. The first-order valence-corrected chi connectivity index (χ1v) is 8.03. The van der Waals surface area contributed by atoms with Gasteiger partial charge in [-0.1, -0.05) is 24.4 Å². The summed E-state index contributed by atoms with van der Waals surface area (Å²) in [5.41, 5.74) is 8.72. The van der Waals surface area contributed by atoms with Crippen LogP contribution in [0, 0.1) is 6.92 Å². The van der Waals surface area contributed by atoms with E-state index in [0.717, 1.165) is 5.56 Å². The summed E-state index contributed by atoms with van der Waals surface area (Å²) in [5.74, 6) is 0. The highest BCUT2D eigenvalue weighted by atomic mass is 32.2. The van der Waals surface area contributed by atoms with Gasteiger partial charge >= 0.3 is 0 Å². The lowest BCUT2D eigenvalue weighted by atomic mass is 10.1. The zero-order valence-electron chi connectivity index (χ0n) is 11.3. The van der Waals surface area contributed by atoms with Crippen molar-refractivity contribution in [3.05, 3.63) is 53.6 Å². The molecule has 0 spiro atoms. The minimum atomic E-state index is -3.74. The number of benzene rings is 2. The molecule has 0 aliphatic rings. The van der Waals surface area contributed by atoms with Crippen LogP contribution >= 0.6 is 12.2 Å². The molecule has 0 atom stereocenters. The maximum atomic E-state index is 11.4. The molecule has 0 amide bonds. The molecule has 2 aromatic carbocycles. The number of primary sulfonamides is 1. The highest BCUT2D eigenvalue weighted by Crippen LogP contribution is 2.24. The molecule has 0 fully saturated rings. The van der Waals surface area contributed by atoms with Crippen LogP contribution in [0.3, 0.4) is 0 Å². The Hall–Kier alpha value is -1.96. The summed E-state index contributed by atoms with van der Waals surface area (Å²) in [4.78, 5) is 0.303. The van der Waals surface area contributed by atoms with Crippen molar-refractivity contribution in [2.24, 2.45) is 10.9 Å². The summed E-state index contributed by atoms with van der Waals surface area (Å²) in [6, 6.07) is 11.9. The molecular weight excluding hydrogens is 306 g/mol. The molecule has 5 nitrogen and oxygen atoms in total. The number of nitrogens with one attached hydrogen (secondary N) is 1. The zero-order valence-corrected chi connectivity index (χ0v) is 13.0. The van der Waals surface area contributed by atoms with Gasteiger partial charge in [0.1, 0.15) is 4.99 Å². The number of nitrogens with two attached hydrogens (primary N) is 2. The molecular formula is C14H15N3O2S2. The number of rotatable bonds is 4. The molecule has 0 saturated carbocycles. The molecule has 0 aliphatic heterocycles. The number of sulfonamides is 1. The van der Waals surface area contributed by atoms with Gasteiger partial charge in [0.25, 0.3) is 0 Å². The van der Waals surface area contributed by atoms with E-state index in [4.69, 9.17) is 23.1 Å². The number of thiocarbonyl (C=S) groups is 1. The Bertz CT molecular complexity index is 802. The molecule has 0 saturated heterocycles. The van der Waals surface area contributed by atoms with Crippen molar-refractivity contribution >= 4 is 38.6 Å². The monoisotopic (exact) mass is 321 g/mol. The normalized spacial score (nSPS) is 11.1. The summed E-state index contributed by atoms with van der Waals surface area (Å²) in [7, 11) is -3.74. The molecule has 2 rings (SSSR count). The summed E-state index contributed by atoms with van der Waals surface area (Å²) in [6.45, 7) is 1.94. The Balaban J connectivity index is 2.43. The van der Waals surface area contributed by atoms with E-state index in [0.29, 0.717) is 16.9 Å². The fourth-order valence-corrected chi connectivity index (χ4v) is 2.62. The molecule has 5 N–H and O–H groups in total. The number of hydrogen-bond acceptors (Lipinski definition) is 4. The van der Waals surface area contributed by atoms with Crippen molar-refractivity contribution in [1.29, 1.82) is 0 Å². The van der Waals surface area contributed by atoms with Gasteiger partial charge in [-0.25, -0.2) is 13.6 Å². The zero-order chi connectivity index (χ0) is 15.6. The van der Waals surface area contributed by atoms with Gasteiger partial charge in [-0.3, -0.25) is 0 Å². The highest BCUT2D eigenvalue weighted by molar-refractivity contribution is 7.89. The second kappa shape index (κ2) is 5.80. The molecule has 0 heterocycles. The average Bonchev–Trinajstić information content (AvgIpc) is 2.37. The smallest absolute Gasteiger partial charge is 0.238 e. The van der Waals surface area contributed by atoms with Crippen molar-refractivity contribution in [2.45, 2.75) is 11.8 Å². The maximum absolute atomic E-state index is 11.4. The van der Waals surface area contributed by atoms with E-state index in [9.17, 15) is 8.42 Å². The Morgan fingerprint density at radius 1 is 1.19 bits per heavy atom. The third-order valence-corrected chi connectivity index (χ3v) is 4.01. The van der Waals surface area contributed by atoms with Crippen molar-refractivity contribution < 1.29 is 8.42 Å². The van der Waals surface area contributed by atoms with Crippen molar-refractivity contribution in [3.63, 3.8) is 0 Å². The van der Waals surface area contributed by atoms with Crippen LogP contribution in [0.5, 0.6) is 0 Å². The first-order chi connectivity index (χ1) is 9.77. The van der Waals surface area contributed by atoms with Crippen LogP contribution in [0.25, 0.3) is 0 Å². The van der Waals surface area contributed by atoms with Crippen molar-refractivity contribution in [2.75, 3.05) is 5.32 Å². The lowest BCUT2D eigenvalue weighted by Gasteiger charge is -2.13. The fourth-order valence-electron chi connectivity index (χ4n) is 1.88. The summed E-state index contributed by atoms with van der Waals surface area (Å²) >= 11 is 5.02.